The van der Waals surface area contributed by atoms with Crippen LogP contribution in [0.15, 0.2) is 85.1 Å². The summed E-state index contributed by atoms with van der Waals surface area (Å²) in [5.74, 6) is 0.494. The van der Waals surface area contributed by atoms with Gasteiger partial charge in [-0.2, -0.15) is 5.10 Å². The molecule has 0 saturated heterocycles. The highest BCUT2D eigenvalue weighted by Crippen LogP contribution is 2.15. The number of nitrogens with zero attached hydrogens (tertiary/aromatic N) is 5. The number of nitrogens with one attached hydrogen (secondary N) is 1. The van der Waals surface area contributed by atoms with E-state index < -0.39 is 0 Å². The molecule has 0 saturated carbocycles. The minimum atomic E-state index is -0.171. The first-order chi connectivity index (χ1) is 16.2. The highest BCUT2D eigenvalue weighted by atomic mass is 16.1. The molecule has 2 aromatic heterocycles. The second kappa shape index (κ2) is 9.08. The van der Waals surface area contributed by atoms with Gasteiger partial charge in [0, 0.05) is 11.6 Å². The molecule has 3 aromatic carbocycles. The number of carbonyl (C=O) groups is 1. The zero-order valence-corrected chi connectivity index (χ0v) is 18.3. The lowest BCUT2D eigenvalue weighted by atomic mass is 10.1. The van der Waals surface area contributed by atoms with Crippen LogP contribution in [0.4, 0.5) is 5.82 Å². The van der Waals surface area contributed by atoms with E-state index in [0.717, 1.165) is 28.6 Å². The van der Waals surface area contributed by atoms with Crippen LogP contribution in [-0.2, 0) is 19.5 Å². The van der Waals surface area contributed by atoms with E-state index in [1.807, 2.05) is 59.3 Å². The van der Waals surface area contributed by atoms with Gasteiger partial charge in [-0.15, -0.1) is 5.10 Å². The van der Waals surface area contributed by atoms with Crippen LogP contribution in [-0.4, -0.2) is 30.7 Å². The summed E-state index contributed by atoms with van der Waals surface area (Å²) in [4.78, 5) is 12.8. The summed E-state index contributed by atoms with van der Waals surface area (Å²) in [7, 11) is 0. The topological polar surface area (TPSA) is 77.6 Å². The monoisotopic (exact) mass is 436 g/mol. The summed E-state index contributed by atoms with van der Waals surface area (Å²) in [6, 6.07) is 25.7. The number of amides is 1. The number of anilines is 1. The third-order valence-electron chi connectivity index (χ3n) is 5.69. The Morgan fingerprint density at radius 1 is 0.818 bits per heavy atom. The molecule has 164 valence electrons. The minimum absolute atomic E-state index is 0.171. The third-order valence-corrected chi connectivity index (χ3v) is 5.69. The van der Waals surface area contributed by atoms with Crippen LogP contribution in [0.1, 0.15) is 34.0 Å². The standard InChI is InChI=1S/C26H24N6O/c1-2-19-7-9-20(10-8-19)18-32-25(15-16-27-32)28-26(33)22-13-11-21(12-14-22)17-31-24-6-4-3-5-23(24)29-30-31/h3-16H,2,17-18H2,1H3,(H,28,33). The molecule has 0 atom stereocenters. The summed E-state index contributed by atoms with van der Waals surface area (Å²) in [6.07, 6.45) is 2.71. The molecule has 7 heteroatoms. The summed E-state index contributed by atoms with van der Waals surface area (Å²) < 4.78 is 3.65. The van der Waals surface area contributed by atoms with Gasteiger partial charge in [0.25, 0.3) is 5.91 Å². The van der Waals surface area contributed by atoms with Gasteiger partial charge in [0.05, 0.1) is 24.8 Å². The molecule has 0 radical (unpaired) electrons. The van der Waals surface area contributed by atoms with Gasteiger partial charge >= 0.3 is 0 Å². The minimum Gasteiger partial charge on any atom is -0.307 e. The fraction of sp³-hybridized carbons (Fsp3) is 0.154. The Hall–Kier alpha value is -4.26. The van der Waals surface area contributed by atoms with Crippen LogP contribution >= 0.6 is 0 Å². The van der Waals surface area contributed by atoms with E-state index in [1.54, 1.807) is 10.9 Å². The van der Waals surface area contributed by atoms with Crippen LogP contribution in [0.2, 0.25) is 0 Å². The molecule has 0 bridgehead atoms. The fourth-order valence-electron chi connectivity index (χ4n) is 3.78. The van der Waals surface area contributed by atoms with Crippen molar-refractivity contribution in [2.24, 2.45) is 0 Å². The Kier molecular flexibility index (Phi) is 5.68. The van der Waals surface area contributed by atoms with Gasteiger partial charge in [-0.25, -0.2) is 9.36 Å². The Labute approximate surface area is 191 Å². The van der Waals surface area contributed by atoms with Crippen LogP contribution in [0, 0.1) is 0 Å². The second-order valence-electron chi connectivity index (χ2n) is 7.93. The van der Waals surface area contributed by atoms with Crippen molar-refractivity contribution in [3.8, 4) is 0 Å². The molecule has 5 rings (SSSR count). The largest absolute Gasteiger partial charge is 0.307 e. The van der Waals surface area contributed by atoms with Gasteiger partial charge in [0.1, 0.15) is 11.3 Å². The Morgan fingerprint density at radius 3 is 2.24 bits per heavy atom. The SMILES string of the molecule is CCc1ccc(Cn2nccc2NC(=O)c2ccc(Cn3nnc4ccccc43)cc2)cc1. The number of fused-ring (bicyclic) bond motifs is 1. The van der Waals surface area contributed by atoms with E-state index in [1.165, 1.54) is 5.56 Å². The van der Waals surface area contributed by atoms with Crippen LogP contribution in [0.5, 0.6) is 0 Å². The van der Waals surface area contributed by atoms with E-state index in [9.17, 15) is 4.79 Å². The maximum Gasteiger partial charge on any atom is 0.256 e. The van der Waals surface area contributed by atoms with Gasteiger partial charge in [0.2, 0.25) is 0 Å². The molecule has 1 N–H and O–H groups in total. The van der Waals surface area contributed by atoms with E-state index >= 15 is 0 Å². The maximum absolute atomic E-state index is 12.8. The fourth-order valence-corrected chi connectivity index (χ4v) is 3.78. The summed E-state index contributed by atoms with van der Waals surface area (Å²) >= 11 is 0. The van der Waals surface area contributed by atoms with Crippen molar-refractivity contribution in [3.63, 3.8) is 0 Å². The summed E-state index contributed by atoms with van der Waals surface area (Å²) in [6.45, 7) is 3.32. The molecule has 1 amide bonds. The zero-order chi connectivity index (χ0) is 22.6. The Bertz CT molecular complexity index is 1380. The Balaban J connectivity index is 1.25. The molecule has 2 heterocycles. The molecule has 0 aliphatic heterocycles. The van der Waals surface area contributed by atoms with Gasteiger partial charge in [-0.3, -0.25) is 4.79 Å². The van der Waals surface area contributed by atoms with Crippen molar-refractivity contribution >= 4 is 22.8 Å². The van der Waals surface area contributed by atoms with Gasteiger partial charge in [0.15, 0.2) is 0 Å². The number of hydrogen-bond acceptors (Lipinski definition) is 4. The predicted molar refractivity (Wildman–Crippen MR) is 128 cm³/mol. The molecule has 0 aliphatic rings. The average Bonchev–Trinajstić information content (AvgIpc) is 3.47. The molecule has 33 heavy (non-hydrogen) atoms. The maximum atomic E-state index is 12.8. The number of para-hydroxylation sites is 1. The molecule has 0 fully saturated rings. The lowest BCUT2D eigenvalue weighted by Gasteiger charge is -2.10. The lowest BCUT2D eigenvalue weighted by Crippen LogP contribution is -2.16. The van der Waals surface area contributed by atoms with E-state index in [4.69, 9.17) is 0 Å². The summed E-state index contributed by atoms with van der Waals surface area (Å²) in [5, 5.41) is 15.8. The van der Waals surface area contributed by atoms with Crippen molar-refractivity contribution in [1.82, 2.24) is 24.8 Å². The van der Waals surface area contributed by atoms with Crippen molar-refractivity contribution in [2.45, 2.75) is 26.4 Å². The molecular weight excluding hydrogens is 412 g/mol. The molecule has 0 aliphatic carbocycles. The van der Waals surface area contributed by atoms with Crippen molar-refractivity contribution in [3.05, 3.63) is 107 Å². The highest BCUT2D eigenvalue weighted by molar-refractivity contribution is 6.03. The molecule has 0 unspecified atom stereocenters. The van der Waals surface area contributed by atoms with Crippen molar-refractivity contribution < 1.29 is 4.79 Å². The summed E-state index contributed by atoms with van der Waals surface area (Å²) in [5.41, 5.74) is 5.91. The first-order valence-corrected chi connectivity index (χ1v) is 11.0. The molecule has 5 aromatic rings. The first kappa shape index (κ1) is 20.6. The van der Waals surface area contributed by atoms with Crippen LogP contribution < -0.4 is 5.32 Å². The van der Waals surface area contributed by atoms with Crippen LogP contribution in [0.25, 0.3) is 11.0 Å². The lowest BCUT2D eigenvalue weighted by molar-refractivity contribution is 0.102. The molecule has 7 nitrogen and oxygen atoms in total. The number of benzene rings is 3. The van der Waals surface area contributed by atoms with Gasteiger partial charge in [-0.1, -0.05) is 60.7 Å². The third kappa shape index (κ3) is 4.52. The van der Waals surface area contributed by atoms with Crippen molar-refractivity contribution in [2.75, 3.05) is 5.32 Å². The highest BCUT2D eigenvalue weighted by Gasteiger charge is 2.11. The second-order valence-corrected chi connectivity index (χ2v) is 7.93. The van der Waals surface area contributed by atoms with E-state index in [2.05, 4.69) is 51.9 Å². The van der Waals surface area contributed by atoms with E-state index in [0.29, 0.717) is 24.5 Å². The van der Waals surface area contributed by atoms with Gasteiger partial charge < -0.3 is 5.32 Å². The number of aromatic nitrogens is 5. The zero-order valence-electron chi connectivity index (χ0n) is 18.3. The first-order valence-electron chi connectivity index (χ1n) is 11.0. The smallest absolute Gasteiger partial charge is 0.256 e. The average molecular weight is 437 g/mol. The normalized spacial score (nSPS) is 11.1. The number of rotatable bonds is 7. The quantitative estimate of drug-likeness (QED) is 0.406. The van der Waals surface area contributed by atoms with Crippen LogP contribution in [0.3, 0.4) is 0 Å². The van der Waals surface area contributed by atoms with E-state index in [-0.39, 0.29) is 5.91 Å². The molecular formula is C26H24N6O. The molecule has 0 spiro atoms. The Morgan fingerprint density at radius 2 is 1.48 bits per heavy atom. The van der Waals surface area contributed by atoms with Gasteiger partial charge in [-0.05, 0) is 47.4 Å². The predicted octanol–water partition coefficient (Wildman–Crippen LogP) is 4.54. The number of hydrogen-bond donors (Lipinski definition) is 1. The number of aryl methyl sites for hydroxylation is 1. The van der Waals surface area contributed by atoms with Crippen molar-refractivity contribution in [1.29, 1.82) is 0 Å². The number of carbonyl (C=O) groups excluding carboxylic acids is 1.